The SMILES string of the molecule is CN1CCCC1c1nnc(N)s1. The summed E-state index contributed by atoms with van der Waals surface area (Å²) in [7, 11) is 2.12. The fourth-order valence-corrected chi connectivity index (χ4v) is 2.41. The zero-order chi connectivity index (χ0) is 8.55. The quantitative estimate of drug-likeness (QED) is 0.704. The summed E-state index contributed by atoms with van der Waals surface area (Å²) >= 11 is 1.50. The molecule has 0 aromatic carbocycles. The lowest BCUT2D eigenvalue weighted by molar-refractivity contribution is 0.315. The number of nitrogens with two attached hydrogens (primary N) is 1. The molecule has 4 nitrogen and oxygen atoms in total. The van der Waals surface area contributed by atoms with Gasteiger partial charge in [0.1, 0.15) is 5.01 Å². The maximum Gasteiger partial charge on any atom is 0.203 e. The smallest absolute Gasteiger partial charge is 0.203 e. The van der Waals surface area contributed by atoms with Crippen LogP contribution in [0.4, 0.5) is 5.13 Å². The average molecular weight is 184 g/mol. The highest BCUT2D eigenvalue weighted by Gasteiger charge is 2.25. The highest BCUT2D eigenvalue weighted by atomic mass is 32.1. The number of likely N-dealkylation sites (tertiary alicyclic amines) is 1. The van der Waals surface area contributed by atoms with E-state index in [1.54, 1.807) is 0 Å². The fraction of sp³-hybridized carbons (Fsp3) is 0.714. The van der Waals surface area contributed by atoms with Crippen molar-refractivity contribution in [3.05, 3.63) is 5.01 Å². The van der Waals surface area contributed by atoms with Crippen molar-refractivity contribution in [1.29, 1.82) is 0 Å². The van der Waals surface area contributed by atoms with Crippen LogP contribution in [0.1, 0.15) is 23.9 Å². The standard InChI is InChI=1S/C7H12N4S/c1-11-4-2-3-5(11)6-9-10-7(8)12-6/h5H,2-4H2,1H3,(H2,8,10). The summed E-state index contributed by atoms with van der Waals surface area (Å²) in [5, 5.41) is 9.50. The van der Waals surface area contributed by atoms with Crippen LogP contribution in [0.3, 0.4) is 0 Å². The van der Waals surface area contributed by atoms with Gasteiger partial charge in [-0.15, -0.1) is 10.2 Å². The molecule has 1 aliphatic heterocycles. The summed E-state index contributed by atoms with van der Waals surface area (Å²) in [6.07, 6.45) is 2.44. The van der Waals surface area contributed by atoms with E-state index in [1.165, 1.54) is 24.2 Å². The number of nitrogen functional groups attached to an aromatic ring is 1. The van der Waals surface area contributed by atoms with Crippen LogP contribution in [0, 0.1) is 0 Å². The number of aromatic nitrogens is 2. The van der Waals surface area contributed by atoms with Crippen LogP contribution >= 0.6 is 11.3 Å². The average Bonchev–Trinajstić information content (AvgIpc) is 2.58. The van der Waals surface area contributed by atoms with Gasteiger partial charge < -0.3 is 5.73 Å². The molecule has 0 amide bonds. The maximum atomic E-state index is 5.52. The second kappa shape index (κ2) is 2.99. The molecule has 2 heterocycles. The van der Waals surface area contributed by atoms with Crippen LogP contribution in [0.25, 0.3) is 0 Å². The number of rotatable bonds is 1. The molecule has 0 spiro atoms. The molecule has 2 rings (SSSR count). The van der Waals surface area contributed by atoms with Crippen LogP contribution in [-0.4, -0.2) is 28.7 Å². The second-order valence-electron chi connectivity index (χ2n) is 3.12. The Morgan fingerprint density at radius 3 is 2.92 bits per heavy atom. The van der Waals surface area contributed by atoms with E-state index in [4.69, 9.17) is 5.73 Å². The molecule has 66 valence electrons. The van der Waals surface area contributed by atoms with Gasteiger partial charge in [-0.1, -0.05) is 11.3 Å². The zero-order valence-corrected chi connectivity index (χ0v) is 7.84. The van der Waals surface area contributed by atoms with Crippen LogP contribution in [-0.2, 0) is 0 Å². The van der Waals surface area contributed by atoms with Gasteiger partial charge in [-0.25, -0.2) is 0 Å². The second-order valence-corrected chi connectivity index (χ2v) is 4.16. The van der Waals surface area contributed by atoms with Gasteiger partial charge in [0.25, 0.3) is 0 Å². The van der Waals surface area contributed by atoms with Crippen molar-refractivity contribution < 1.29 is 0 Å². The molecule has 5 heteroatoms. The molecule has 1 aliphatic rings. The van der Waals surface area contributed by atoms with Crippen molar-refractivity contribution in [2.75, 3.05) is 19.3 Å². The zero-order valence-electron chi connectivity index (χ0n) is 7.03. The van der Waals surface area contributed by atoms with Gasteiger partial charge in [-0.3, -0.25) is 4.90 Å². The molecule has 0 bridgehead atoms. The Balaban J connectivity index is 2.19. The van der Waals surface area contributed by atoms with Gasteiger partial charge in [0, 0.05) is 0 Å². The fourth-order valence-electron chi connectivity index (χ4n) is 1.60. The minimum atomic E-state index is 0.458. The third-order valence-electron chi connectivity index (χ3n) is 2.26. The number of hydrogen-bond donors (Lipinski definition) is 1. The highest BCUT2D eigenvalue weighted by molar-refractivity contribution is 7.15. The van der Waals surface area contributed by atoms with Crippen molar-refractivity contribution in [3.8, 4) is 0 Å². The Labute approximate surface area is 75.4 Å². The Morgan fingerprint density at radius 1 is 1.58 bits per heavy atom. The molecule has 0 saturated carbocycles. The Kier molecular flexibility index (Phi) is 1.98. The predicted molar refractivity (Wildman–Crippen MR) is 48.9 cm³/mol. The molecule has 12 heavy (non-hydrogen) atoms. The van der Waals surface area contributed by atoms with Crippen molar-refractivity contribution >= 4 is 16.5 Å². The lowest BCUT2D eigenvalue weighted by Crippen LogP contribution is -2.17. The van der Waals surface area contributed by atoms with E-state index in [-0.39, 0.29) is 0 Å². The lowest BCUT2D eigenvalue weighted by Gasteiger charge is -2.15. The summed E-state index contributed by atoms with van der Waals surface area (Å²) in [5.74, 6) is 0. The molecular weight excluding hydrogens is 172 g/mol. The topological polar surface area (TPSA) is 55.0 Å². The van der Waals surface area contributed by atoms with Crippen LogP contribution in [0.15, 0.2) is 0 Å². The minimum Gasteiger partial charge on any atom is -0.374 e. The van der Waals surface area contributed by atoms with Gasteiger partial charge >= 0.3 is 0 Å². The maximum absolute atomic E-state index is 5.52. The normalized spacial score (nSPS) is 24.9. The summed E-state index contributed by atoms with van der Waals surface area (Å²) in [4.78, 5) is 2.31. The number of nitrogens with zero attached hydrogens (tertiary/aromatic N) is 3. The van der Waals surface area contributed by atoms with Crippen molar-refractivity contribution in [2.24, 2.45) is 0 Å². The van der Waals surface area contributed by atoms with Gasteiger partial charge in [0.2, 0.25) is 5.13 Å². The van der Waals surface area contributed by atoms with Crippen LogP contribution in [0.5, 0.6) is 0 Å². The summed E-state index contributed by atoms with van der Waals surface area (Å²) in [6, 6.07) is 0.458. The Bertz CT molecular complexity index is 272. The molecular formula is C7H12N4S. The summed E-state index contributed by atoms with van der Waals surface area (Å²) in [5.41, 5.74) is 5.52. The minimum absolute atomic E-state index is 0.458. The summed E-state index contributed by atoms with van der Waals surface area (Å²) < 4.78 is 0. The van der Waals surface area contributed by atoms with E-state index < -0.39 is 0 Å². The van der Waals surface area contributed by atoms with E-state index in [1.807, 2.05) is 0 Å². The molecule has 0 aliphatic carbocycles. The van der Waals surface area contributed by atoms with Gasteiger partial charge in [-0.2, -0.15) is 0 Å². The third-order valence-corrected chi connectivity index (χ3v) is 3.12. The third kappa shape index (κ3) is 1.30. The van der Waals surface area contributed by atoms with E-state index in [0.29, 0.717) is 11.2 Å². The number of anilines is 1. The van der Waals surface area contributed by atoms with Crippen molar-refractivity contribution in [2.45, 2.75) is 18.9 Å². The highest BCUT2D eigenvalue weighted by Crippen LogP contribution is 2.32. The molecule has 1 aromatic heterocycles. The molecule has 1 fully saturated rings. The predicted octanol–water partition coefficient (Wildman–Crippen LogP) is 0.887. The van der Waals surface area contributed by atoms with E-state index in [9.17, 15) is 0 Å². The lowest BCUT2D eigenvalue weighted by atomic mass is 10.2. The monoisotopic (exact) mass is 184 g/mol. The van der Waals surface area contributed by atoms with E-state index >= 15 is 0 Å². The first-order valence-electron chi connectivity index (χ1n) is 4.06. The van der Waals surface area contributed by atoms with Crippen molar-refractivity contribution in [3.63, 3.8) is 0 Å². The Morgan fingerprint density at radius 2 is 2.42 bits per heavy atom. The van der Waals surface area contributed by atoms with Crippen LogP contribution in [0.2, 0.25) is 0 Å². The first-order chi connectivity index (χ1) is 5.77. The molecule has 2 N–H and O–H groups in total. The van der Waals surface area contributed by atoms with Crippen LogP contribution < -0.4 is 5.73 Å². The molecule has 1 unspecified atom stereocenters. The molecule has 1 aromatic rings. The molecule has 1 saturated heterocycles. The van der Waals surface area contributed by atoms with Gasteiger partial charge in [0.05, 0.1) is 6.04 Å². The van der Waals surface area contributed by atoms with Crippen molar-refractivity contribution in [1.82, 2.24) is 15.1 Å². The van der Waals surface area contributed by atoms with Gasteiger partial charge in [0.15, 0.2) is 0 Å². The number of hydrogen-bond acceptors (Lipinski definition) is 5. The van der Waals surface area contributed by atoms with E-state index in [2.05, 4.69) is 22.1 Å². The first-order valence-corrected chi connectivity index (χ1v) is 4.88. The largest absolute Gasteiger partial charge is 0.374 e. The van der Waals surface area contributed by atoms with Gasteiger partial charge in [-0.05, 0) is 26.4 Å². The molecule has 1 atom stereocenters. The first kappa shape index (κ1) is 7.94. The molecule has 0 radical (unpaired) electrons. The Hall–Kier alpha value is -0.680. The summed E-state index contributed by atoms with van der Waals surface area (Å²) in [6.45, 7) is 1.16. The van der Waals surface area contributed by atoms with E-state index in [0.717, 1.165) is 11.6 Å².